The van der Waals surface area contributed by atoms with Gasteiger partial charge in [0.15, 0.2) is 0 Å². The van der Waals surface area contributed by atoms with E-state index in [1.54, 1.807) is 0 Å². The second-order valence-electron chi connectivity index (χ2n) is 3.59. The molecule has 0 fully saturated rings. The monoisotopic (exact) mass is 314 g/mol. The van der Waals surface area contributed by atoms with Gasteiger partial charge in [0, 0.05) is 0 Å². The van der Waals surface area contributed by atoms with Crippen molar-refractivity contribution in [1.82, 2.24) is 0 Å². The Balaban J connectivity index is 3.16. The maximum atomic E-state index is 11.9. The first kappa shape index (κ1) is 16.3. The third-order valence-electron chi connectivity index (χ3n) is 2.16. The van der Waals surface area contributed by atoms with Crippen molar-refractivity contribution in [3.05, 3.63) is 58.6 Å². The molecule has 0 aromatic heterocycles. The SMILES string of the molecule is C=CCOC(=O)c1cc(Cl)c(Cl)cc1C(=O)OCC=C. The van der Waals surface area contributed by atoms with Crippen LogP contribution in [0.1, 0.15) is 20.7 Å². The van der Waals surface area contributed by atoms with Gasteiger partial charge in [-0.25, -0.2) is 9.59 Å². The van der Waals surface area contributed by atoms with Crippen LogP contribution < -0.4 is 0 Å². The van der Waals surface area contributed by atoms with Gasteiger partial charge in [0.25, 0.3) is 0 Å². The van der Waals surface area contributed by atoms with Gasteiger partial charge in [0.1, 0.15) is 13.2 Å². The molecule has 0 saturated heterocycles. The van der Waals surface area contributed by atoms with Crippen molar-refractivity contribution in [2.24, 2.45) is 0 Å². The number of ether oxygens (including phenoxy) is 2. The quantitative estimate of drug-likeness (QED) is 0.593. The largest absolute Gasteiger partial charge is 0.458 e. The number of carbonyl (C=O) groups is 2. The molecule has 0 spiro atoms. The Bertz CT molecular complexity index is 503. The lowest BCUT2D eigenvalue weighted by Gasteiger charge is -2.10. The molecule has 1 aromatic rings. The standard InChI is InChI=1S/C14H12Cl2O4/c1-3-5-19-13(17)9-7-11(15)12(16)8-10(9)14(18)20-6-4-2/h3-4,7-8H,1-2,5-6H2. The second kappa shape index (κ2) is 7.72. The van der Waals surface area contributed by atoms with Crippen molar-refractivity contribution in [2.45, 2.75) is 0 Å². The molecule has 0 heterocycles. The minimum atomic E-state index is -0.714. The normalized spacial score (nSPS) is 9.70. The van der Waals surface area contributed by atoms with E-state index in [0.29, 0.717) is 0 Å². The lowest BCUT2D eigenvalue weighted by molar-refractivity contribution is 0.0503. The lowest BCUT2D eigenvalue weighted by atomic mass is 10.1. The Morgan fingerprint density at radius 3 is 1.60 bits per heavy atom. The summed E-state index contributed by atoms with van der Waals surface area (Å²) in [6, 6.07) is 2.53. The zero-order valence-electron chi connectivity index (χ0n) is 10.5. The molecule has 0 amide bonds. The number of hydrogen-bond donors (Lipinski definition) is 0. The first-order valence-corrected chi connectivity index (χ1v) is 6.32. The van der Waals surface area contributed by atoms with E-state index in [9.17, 15) is 9.59 Å². The number of rotatable bonds is 6. The van der Waals surface area contributed by atoms with Crippen molar-refractivity contribution in [1.29, 1.82) is 0 Å². The van der Waals surface area contributed by atoms with Gasteiger partial charge in [-0.15, -0.1) is 0 Å². The average Bonchev–Trinajstić information content (AvgIpc) is 2.44. The van der Waals surface area contributed by atoms with Crippen LogP contribution >= 0.6 is 23.2 Å². The van der Waals surface area contributed by atoms with Crippen LogP contribution in [0.25, 0.3) is 0 Å². The Morgan fingerprint density at radius 1 is 0.950 bits per heavy atom. The molecule has 6 heteroatoms. The molecule has 4 nitrogen and oxygen atoms in total. The molecule has 1 rings (SSSR count). The van der Waals surface area contributed by atoms with Crippen LogP contribution in [0, 0.1) is 0 Å². The van der Waals surface area contributed by atoms with E-state index in [-0.39, 0.29) is 34.4 Å². The second-order valence-corrected chi connectivity index (χ2v) is 4.40. The molecule has 1 aromatic carbocycles. The van der Waals surface area contributed by atoms with E-state index < -0.39 is 11.9 Å². The number of carbonyl (C=O) groups excluding carboxylic acids is 2. The molecule has 106 valence electrons. The molecule has 0 N–H and O–H groups in total. The Hall–Kier alpha value is -1.78. The summed E-state index contributed by atoms with van der Waals surface area (Å²) in [5, 5.41) is 0.273. The van der Waals surface area contributed by atoms with Crippen LogP contribution in [-0.4, -0.2) is 25.2 Å². The van der Waals surface area contributed by atoms with Crippen LogP contribution in [0.3, 0.4) is 0 Å². The van der Waals surface area contributed by atoms with Crippen molar-refractivity contribution in [2.75, 3.05) is 13.2 Å². The smallest absolute Gasteiger partial charge is 0.339 e. The predicted octanol–water partition coefficient (Wildman–Crippen LogP) is 3.68. The van der Waals surface area contributed by atoms with E-state index in [2.05, 4.69) is 13.2 Å². The fraction of sp³-hybridized carbons (Fsp3) is 0.143. The van der Waals surface area contributed by atoms with Crippen LogP contribution in [-0.2, 0) is 9.47 Å². The highest BCUT2D eigenvalue weighted by molar-refractivity contribution is 6.42. The van der Waals surface area contributed by atoms with Gasteiger partial charge in [0.2, 0.25) is 0 Å². The topological polar surface area (TPSA) is 52.6 Å². The summed E-state index contributed by atoms with van der Waals surface area (Å²) in [6.45, 7) is 6.89. The van der Waals surface area contributed by atoms with E-state index in [4.69, 9.17) is 32.7 Å². The molecule has 0 unspecified atom stereocenters. The van der Waals surface area contributed by atoms with Gasteiger partial charge in [-0.3, -0.25) is 0 Å². The zero-order chi connectivity index (χ0) is 15.1. The number of hydrogen-bond acceptors (Lipinski definition) is 4. The van der Waals surface area contributed by atoms with Gasteiger partial charge in [-0.05, 0) is 12.1 Å². The van der Waals surface area contributed by atoms with Crippen molar-refractivity contribution in [3.8, 4) is 0 Å². The molecular weight excluding hydrogens is 303 g/mol. The molecule has 0 aliphatic rings. The molecule has 0 radical (unpaired) electrons. The predicted molar refractivity (Wildman–Crippen MR) is 77.4 cm³/mol. The Kier molecular flexibility index (Phi) is 6.28. The lowest BCUT2D eigenvalue weighted by Crippen LogP contribution is -2.14. The molecule has 0 saturated carbocycles. The van der Waals surface area contributed by atoms with Crippen molar-refractivity contribution in [3.63, 3.8) is 0 Å². The molecule has 0 aliphatic carbocycles. The molecule has 20 heavy (non-hydrogen) atoms. The van der Waals surface area contributed by atoms with Crippen LogP contribution in [0.15, 0.2) is 37.4 Å². The summed E-state index contributed by atoms with van der Waals surface area (Å²) in [4.78, 5) is 23.7. The van der Waals surface area contributed by atoms with E-state index >= 15 is 0 Å². The molecule has 0 aliphatic heterocycles. The molecular formula is C14H12Cl2O4. The third-order valence-corrected chi connectivity index (χ3v) is 2.89. The fourth-order valence-electron chi connectivity index (χ4n) is 1.31. The minimum Gasteiger partial charge on any atom is -0.458 e. The highest BCUT2D eigenvalue weighted by atomic mass is 35.5. The molecule has 0 atom stereocenters. The summed E-state index contributed by atoms with van der Waals surface area (Å²) >= 11 is 11.7. The summed E-state index contributed by atoms with van der Waals surface area (Å²) in [6.07, 6.45) is 2.82. The highest BCUT2D eigenvalue weighted by Crippen LogP contribution is 2.27. The van der Waals surface area contributed by atoms with Crippen molar-refractivity contribution < 1.29 is 19.1 Å². The first-order valence-electron chi connectivity index (χ1n) is 5.56. The number of halogens is 2. The average molecular weight is 315 g/mol. The van der Waals surface area contributed by atoms with Gasteiger partial charge >= 0.3 is 11.9 Å². The van der Waals surface area contributed by atoms with Crippen LogP contribution in [0.2, 0.25) is 10.0 Å². The third kappa shape index (κ3) is 4.11. The maximum absolute atomic E-state index is 11.9. The summed E-state index contributed by atoms with van der Waals surface area (Å²) < 4.78 is 9.76. The van der Waals surface area contributed by atoms with Crippen LogP contribution in [0.4, 0.5) is 0 Å². The van der Waals surface area contributed by atoms with E-state index in [1.807, 2.05) is 0 Å². The van der Waals surface area contributed by atoms with E-state index in [1.165, 1.54) is 24.3 Å². The van der Waals surface area contributed by atoms with Crippen molar-refractivity contribution >= 4 is 35.1 Å². The fourth-order valence-corrected chi connectivity index (χ4v) is 1.64. The van der Waals surface area contributed by atoms with Crippen LogP contribution in [0.5, 0.6) is 0 Å². The zero-order valence-corrected chi connectivity index (χ0v) is 12.0. The first-order chi connectivity index (χ1) is 9.51. The number of esters is 2. The Labute approximate surface area is 126 Å². The maximum Gasteiger partial charge on any atom is 0.339 e. The highest BCUT2D eigenvalue weighted by Gasteiger charge is 2.21. The molecule has 0 bridgehead atoms. The summed E-state index contributed by atoms with van der Waals surface area (Å²) in [5.41, 5.74) is -0.0365. The van der Waals surface area contributed by atoms with Gasteiger partial charge in [-0.1, -0.05) is 48.5 Å². The van der Waals surface area contributed by atoms with Gasteiger partial charge < -0.3 is 9.47 Å². The Morgan fingerprint density at radius 2 is 1.30 bits per heavy atom. The van der Waals surface area contributed by atoms with Gasteiger partial charge in [-0.2, -0.15) is 0 Å². The summed E-state index contributed by atoms with van der Waals surface area (Å²) in [5.74, 6) is -1.43. The van der Waals surface area contributed by atoms with Gasteiger partial charge in [0.05, 0.1) is 21.2 Å². The summed E-state index contributed by atoms with van der Waals surface area (Å²) in [7, 11) is 0. The number of benzene rings is 1. The minimum absolute atomic E-state index is 0.0141. The van der Waals surface area contributed by atoms with E-state index in [0.717, 1.165) is 0 Å².